The van der Waals surface area contributed by atoms with Crippen LogP contribution in [0.2, 0.25) is 0 Å². The molecule has 0 bridgehead atoms. The molecule has 0 aliphatic carbocycles. The number of ether oxygens (including phenoxy) is 5. The largest absolute Gasteiger partial charge is 0.508 e. The lowest BCUT2D eigenvalue weighted by Gasteiger charge is -2.45. The van der Waals surface area contributed by atoms with E-state index < -0.39 is 92.0 Å². The maximum atomic E-state index is 13.5. The fourth-order valence-electron chi connectivity index (χ4n) is 6.77. The molecule has 10 N–H and O–H groups in total. The Labute approximate surface area is 282 Å². The van der Waals surface area contributed by atoms with Crippen LogP contribution in [-0.4, -0.2) is 132 Å². The fraction of sp³-hybridized carbons (Fsp3) is 0.394. The molecular weight excluding hydrogens is 666 g/mol. The van der Waals surface area contributed by atoms with Crippen molar-refractivity contribution in [2.75, 3.05) is 13.2 Å². The number of hydrogen-bond acceptors (Lipinski definition) is 16. The van der Waals surface area contributed by atoms with E-state index in [0.29, 0.717) is 16.7 Å². The number of fused-ring (bicyclic) bond motifs is 6. The number of rotatable bonds is 6. The van der Waals surface area contributed by atoms with Crippen LogP contribution in [0.4, 0.5) is 0 Å². The highest BCUT2D eigenvalue weighted by molar-refractivity contribution is 6.01. The molecule has 17 nitrogen and oxygen atoms in total. The van der Waals surface area contributed by atoms with Gasteiger partial charge < -0.3 is 75.0 Å². The Morgan fingerprint density at radius 3 is 1.88 bits per heavy atom. The van der Waals surface area contributed by atoms with E-state index in [9.17, 15) is 55.5 Å². The first-order valence-electron chi connectivity index (χ1n) is 15.5. The molecule has 3 aromatic rings. The van der Waals surface area contributed by atoms with Crippen LogP contribution >= 0.6 is 0 Å². The summed E-state index contributed by atoms with van der Waals surface area (Å²) in [6, 6.07) is 11.2. The number of hydrogen-bond donors (Lipinski definition) is 10. The average molecular weight is 700 g/mol. The monoisotopic (exact) mass is 699 g/mol. The SMILES string of the molecule is O=C(N[C@@H]1C(CO)O[C@H](O[C@H]2OC(CO)[C@@H](O)C(O)C2O)[C@@H](O)C1O)c1ccc2c(c1)C(=O)OC21c2ccc(O)cc2Oc2cc(O)ccc21. The predicted octanol–water partition coefficient (Wildman–Crippen LogP) is -1.98. The summed E-state index contributed by atoms with van der Waals surface area (Å²) in [5, 5.41) is 94.4. The lowest BCUT2D eigenvalue weighted by atomic mass is 9.77. The maximum absolute atomic E-state index is 13.5. The lowest BCUT2D eigenvalue weighted by Crippen LogP contribution is -2.66. The Balaban J connectivity index is 1.13. The van der Waals surface area contributed by atoms with Crippen LogP contribution < -0.4 is 10.1 Å². The molecule has 1 amide bonds. The molecule has 0 aromatic heterocycles. The summed E-state index contributed by atoms with van der Waals surface area (Å²) in [6.07, 6.45) is -15.3. The molecule has 7 rings (SSSR count). The highest BCUT2D eigenvalue weighted by atomic mass is 16.8. The van der Waals surface area contributed by atoms with E-state index in [1.165, 1.54) is 54.6 Å². The van der Waals surface area contributed by atoms with Crippen molar-refractivity contribution in [3.63, 3.8) is 0 Å². The molecule has 266 valence electrons. The van der Waals surface area contributed by atoms with E-state index in [4.69, 9.17) is 23.7 Å². The van der Waals surface area contributed by atoms with Crippen molar-refractivity contribution < 1.29 is 79.2 Å². The molecule has 0 radical (unpaired) electrons. The number of carbonyl (C=O) groups excluding carboxylic acids is 2. The molecule has 4 aliphatic heterocycles. The molecular formula is C33H33NO16. The van der Waals surface area contributed by atoms with E-state index in [1.807, 2.05) is 0 Å². The van der Waals surface area contributed by atoms with Gasteiger partial charge in [-0.2, -0.15) is 0 Å². The summed E-state index contributed by atoms with van der Waals surface area (Å²) in [6.45, 7) is -1.55. The number of aliphatic hydroxyl groups excluding tert-OH is 7. The van der Waals surface area contributed by atoms with Gasteiger partial charge in [-0.05, 0) is 36.4 Å². The van der Waals surface area contributed by atoms with Gasteiger partial charge in [0.1, 0.15) is 65.7 Å². The van der Waals surface area contributed by atoms with Crippen molar-refractivity contribution in [1.82, 2.24) is 5.32 Å². The minimum absolute atomic E-state index is 0.00442. The minimum Gasteiger partial charge on any atom is -0.508 e. The van der Waals surface area contributed by atoms with Crippen molar-refractivity contribution in [2.45, 2.75) is 67.0 Å². The maximum Gasteiger partial charge on any atom is 0.340 e. The quantitative estimate of drug-likeness (QED) is 0.125. The van der Waals surface area contributed by atoms with Crippen LogP contribution in [0.15, 0.2) is 54.6 Å². The molecule has 5 unspecified atom stereocenters. The standard InChI is InChI=1S/C33H33NO16/c35-10-21-23(25(40)27(42)31(47-21)49-32-28(43)26(41)24(39)22(11-36)48-32)34-29(44)12-1-4-16-15(7-12)30(45)50-33(16)17-5-2-13(37)8-19(17)46-20-9-14(38)3-6-18(20)33/h1-9,21-28,31-32,35-43H,10-11H2,(H,34,44)/t21?,22?,23-,24-,25?,26?,27+,28?,31-,32-/m1/s1. The summed E-state index contributed by atoms with van der Waals surface area (Å²) < 4.78 is 28.2. The molecule has 3 aromatic carbocycles. The van der Waals surface area contributed by atoms with Gasteiger partial charge in [-0.3, -0.25) is 4.79 Å². The van der Waals surface area contributed by atoms with E-state index in [0.717, 1.165) is 0 Å². The number of phenols is 2. The van der Waals surface area contributed by atoms with Gasteiger partial charge in [0.2, 0.25) is 0 Å². The zero-order valence-corrected chi connectivity index (χ0v) is 25.8. The first-order chi connectivity index (χ1) is 23.9. The molecule has 1 spiro atoms. The van der Waals surface area contributed by atoms with Gasteiger partial charge in [0, 0.05) is 34.4 Å². The van der Waals surface area contributed by atoms with Gasteiger partial charge in [-0.15, -0.1) is 0 Å². The number of benzene rings is 3. The second-order valence-corrected chi connectivity index (χ2v) is 12.3. The molecule has 2 fully saturated rings. The smallest absolute Gasteiger partial charge is 0.340 e. The lowest BCUT2D eigenvalue weighted by molar-refractivity contribution is -0.369. The average Bonchev–Trinajstić information content (AvgIpc) is 3.39. The van der Waals surface area contributed by atoms with Crippen LogP contribution in [0.3, 0.4) is 0 Å². The fourth-order valence-corrected chi connectivity index (χ4v) is 6.77. The number of nitrogens with one attached hydrogen (secondary N) is 1. The molecule has 0 saturated carbocycles. The third-order valence-corrected chi connectivity index (χ3v) is 9.34. The molecule has 4 heterocycles. The Morgan fingerprint density at radius 1 is 0.720 bits per heavy atom. The first-order valence-corrected chi connectivity index (χ1v) is 15.5. The summed E-state index contributed by atoms with van der Waals surface area (Å²) in [5.41, 5.74) is -0.550. The van der Waals surface area contributed by atoms with E-state index in [1.54, 1.807) is 0 Å². The molecule has 50 heavy (non-hydrogen) atoms. The van der Waals surface area contributed by atoms with E-state index in [2.05, 4.69) is 5.32 Å². The Morgan fingerprint density at radius 2 is 1.28 bits per heavy atom. The predicted molar refractivity (Wildman–Crippen MR) is 162 cm³/mol. The summed E-state index contributed by atoms with van der Waals surface area (Å²) in [7, 11) is 0. The highest BCUT2D eigenvalue weighted by Crippen LogP contribution is 2.57. The summed E-state index contributed by atoms with van der Waals surface area (Å²) in [4.78, 5) is 27.0. The van der Waals surface area contributed by atoms with Crippen molar-refractivity contribution >= 4 is 11.9 Å². The Kier molecular flexibility index (Phi) is 8.68. The van der Waals surface area contributed by atoms with Crippen molar-refractivity contribution in [2.24, 2.45) is 0 Å². The molecule has 2 saturated heterocycles. The van der Waals surface area contributed by atoms with E-state index in [-0.39, 0.29) is 34.1 Å². The summed E-state index contributed by atoms with van der Waals surface area (Å²) in [5.74, 6) is -1.54. The van der Waals surface area contributed by atoms with E-state index >= 15 is 0 Å². The number of aliphatic hydroxyl groups is 7. The molecule has 4 aliphatic rings. The van der Waals surface area contributed by atoms with Crippen LogP contribution in [0.25, 0.3) is 0 Å². The van der Waals surface area contributed by atoms with Gasteiger partial charge in [0.25, 0.3) is 5.91 Å². The Bertz CT molecular complexity index is 1760. The highest BCUT2D eigenvalue weighted by Gasteiger charge is 2.54. The number of esters is 1. The summed E-state index contributed by atoms with van der Waals surface area (Å²) >= 11 is 0. The zero-order chi connectivity index (χ0) is 35.6. The van der Waals surface area contributed by atoms with Crippen molar-refractivity contribution in [3.8, 4) is 23.0 Å². The normalized spacial score (nSPS) is 32.3. The third kappa shape index (κ3) is 5.35. The topological polar surface area (TPSA) is 274 Å². The number of carbonyl (C=O) groups is 2. The van der Waals surface area contributed by atoms with Gasteiger partial charge in [0.15, 0.2) is 18.2 Å². The van der Waals surface area contributed by atoms with Gasteiger partial charge in [0.05, 0.1) is 24.8 Å². The van der Waals surface area contributed by atoms with Crippen LogP contribution in [0.5, 0.6) is 23.0 Å². The second-order valence-electron chi connectivity index (χ2n) is 12.3. The third-order valence-electron chi connectivity index (χ3n) is 9.34. The number of aromatic hydroxyl groups is 2. The van der Waals surface area contributed by atoms with Crippen molar-refractivity contribution in [3.05, 3.63) is 82.4 Å². The van der Waals surface area contributed by atoms with Gasteiger partial charge >= 0.3 is 5.97 Å². The van der Waals surface area contributed by atoms with Gasteiger partial charge in [-0.25, -0.2) is 4.79 Å². The number of amides is 1. The van der Waals surface area contributed by atoms with Crippen LogP contribution in [-0.2, 0) is 24.5 Å². The minimum atomic E-state index is -1.90. The van der Waals surface area contributed by atoms with Crippen molar-refractivity contribution in [1.29, 1.82) is 0 Å². The zero-order valence-electron chi connectivity index (χ0n) is 25.8. The molecule has 17 heteroatoms. The first kappa shape index (κ1) is 34.1. The van der Waals surface area contributed by atoms with Crippen LogP contribution in [0.1, 0.15) is 37.4 Å². The second kappa shape index (κ2) is 12.7. The Hall–Kier alpha value is -4.40. The molecule has 10 atom stereocenters. The van der Waals surface area contributed by atoms with Crippen LogP contribution in [0, 0.1) is 0 Å². The van der Waals surface area contributed by atoms with Gasteiger partial charge in [-0.1, -0.05) is 6.07 Å². The number of phenolic OH excluding ortho intramolecular Hbond substituents is 2.